The standard InChI is InChI=1S/C40H28N2/c1-6-16-29(17-7-1)35-36(30-18-8-2-9-19-30)38(32-22-12-4-13-23-32)40(34-26-41-28-42-27-34)39(33-24-14-5-15-25-33)37(35)31-20-10-3-11-21-31/h1-28H. The van der Waals surface area contributed by atoms with Crippen LogP contribution in [0.5, 0.6) is 0 Å². The molecule has 198 valence electrons. The maximum absolute atomic E-state index is 4.50. The molecule has 2 heteroatoms. The molecule has 0 fully saturated rings. The number of hydrogen-bond acceptors (Lipinski definition) is 2. The van der Waals surface area contributed by atoms with E-state index in [9.17, 15) is 0 Å². The first-order valence-electron chi connectivity index (χ1n) is 14.2. The molecule has 0 amide bonds. The zero-order chi connectivity index (χ0) is 28.1. The Morgan fingerprint density at radius 3 is 0.690 bits per heavy atom. The number of aromatic nitrogens is 2. The molecule has 6 aromatic carbocycles. The van der Waals surface area contributed by atoms with E-state index in [0.29, 0.717) is 0 Å². The lowest BCUT2D eigenvalue weighted by Crippen LogP contribution is -2.02. The van der Waals surface area contributed by atoms with Crippen molar-refractivity contribution in [3.05, 3.63) is 170 Å². The van der Waals surface area contributed by atoms with Gasteiger partial charge in [0, 0.05) is 23.5 Å². The Morgan fingerprint density at radius 1 is 0.238 bits per heavy atom. The number of nitrogens with zero attached hydrogens (tertiary/aromatic N) is 2. The van der Waals surface area contributed by atoms with E-state index >= 15 is 0 Å². The molecule has 0 aliphatic rings. The van der Waals surface area contributed by atoms with Crippen molar-refractivity contribution in [2.24, 2.45) is 0 Å². The molecule has 7 aromatic rings. The largest absolute Gasteiger partial charge is 0.244 e. The Hall–Kier alpha value is -5.60. The van der Waals surface area contributed by atoms with Crippen molar-refractivity contribution < 1.29 is 0 Å². The van der Waals surface area contributed by atoms with E-state index in [1.54, 1.807) is 6.33 Å². The number of hydrogen-bond donors (Lipinski definition) is 0. The maximum Gasteiger partial charge on any atom is 0.115 e. The summed E-state index contributed by atoms with van der Waals surface area (Å²) in [7, 11) is 0. The van der Waals surface area contributed by atoms with Gasteiger partial charge in [0.2, 0.25) is 0 Å². The third-order valence-electron chi connectivity index (χ3n) is 7.66. The van der Waals surface area contributed by atoms with Crippen molar-refractivity contribution in [1.29, 1.82) is 0 Å². The molecule has 2 nitrogen and oxygen atoms in total. The molecule has 0 unspecified atom stereocenters. The Morgan fingerprint density at radius 2 is 0.452 bits per heavy atom. The van der Waals surface area contributed by atoms with Gasteiger partial charge < -0.3 is 0 Å². The summed E-state index contributed by atoms with van der Waals surface area (Å²) in [5.74, 6) is 0. The molecule has 0 radical (unpaired) electrons. The second kappa shape index (κ2) is 11.5. The highest BCUT2D eigenvalue weighted by molar-refractivity contribution is 6.14. The van der Waals surface area contributed by atoms with Crippen LogP contribution in [-0.4, -0.2) is 9.97 Å². The summed E-state index contributed by atoms with van der Waals surface area (Å²) in [5.41, 5.74) is 13.8. The third-order valence-corrected chi connectivity index (χ3v) is 7.66. The van der Waals surface area contributed by atoms with E-state index < -0.39 is 0 Å². The lowest BCUT2D eigenvalue weighted by atomic mass is 9.74. The van der Waals surface area contributed by atoms with E-state index in [0.717, 1.165) is 44.5 Å². The van der Waals surface area contributed by atoms with Crippen molar-refractivity contribution in [3.63, 3.8) is 0 Å². The molecule has 1 heterocycles. The first kappa shape index (κ1) is 25.4. The Balaban J connectivity index is 1.81. The number of benzene rings is 6. The van der Waals surface area contributed by atoms with E-state index in [2.05, 4.69) is 162 Å². The molecule has 0 spiro atoms. The fraction of sp³-hybridized carbons (Fsp3) is 0. The van der Waals surface area contributed by atoms with Gasteiger partial charge in [0.05, 0.1) is 0 Å². The van der Waals surface area contributed by atoms with Gasteiger partial charge in [-0.25, -0.2) is 9.97 Å². The van der Waals surface area contributed by atoms with Gasteiger partial charge in [0.1, 0.15) is 6.33 Å². The lowest BCUT2D eigenvalue weighted by Gasteiger charge is -2.28. The highest BCUT2D eigenvalue weighted by Gasteiger charge is 2.28. The molecule has 0 saturated heterocycles. The molecule has 0 aliphatic heterocycles. The van der Waals surface area contributed by atoms with Crippen molar-refractivity contribution >= 4 is 0 Å². The average Bonchev–Trinajstić information content (AvgIpc) is 3.09. The second-order valence-electron chi connectivity index (χ2n) is 10.2. The van der Waals surface area contributed by atoms with Crippen LogP contribution in [-0.2, 0) is 0 Å². The summed E-state index contributed by atoms with van der Waals surface area (Å²) in [5, 5.41) is 0. The topological polar surface area (TPSA) is 25.8 Å². The van der Waals surface area contributed by atoms with Crippen LogP contribution in [0.1, 0.15) is 0 Å². The molecule has 7 rings (SSSR count). The van der Waals surface area contributed by atoms with Crippen LogP contribution in [0.3, 0.4) is 0 Å². The van der Waals surface area contributed by atoms with Crippen LogP contribution in [0.15, 0.2) is 170 Å². The highest BCUT2D eigenvalue weighted by atomic mass is 14.8. The molecule has 0 N–H and O–H groups in total. The van der Waals surface area contributed by atoms with Gasteiger partial charge in [-0.05, 0) is 55.6 Å². The predicted octanol–water partition coefficient (Wildman–Crippen LogP) is 10.5. The maximum atomic E-state index is 4.50. The molecular formula is C40H28N2. The fourth-order valence-corrected chi connectivity index (χ4v) is 5.93. The molecule has 0 bridgehead atoms. The van der Waals surface area contributed by atoms with Crippen molar-refractivity contribution in [2.75, 3.05) is 0 Å². The summed E-state index contributed by atoms with van der Waals surface area (Å²) in [6, 6.07) is 53.8. The fourth-order valence-electron chi connectivity index (χ4n) is 5.93. The molecule has 0 atom stereocenters. The summed E-state index contributed by atoms with van der Waals surface area (Å²) in [4.78, 5) is 9.01. The second-order valence-corrected chi connectivity index (χ2v) is 10.2. The molecule has 0 saturated carbocycles. The van der Waals surface area contributed by atoms with Gasteiger partial charge in [-0.2, -0.15) is 0 Å². The van der Waals surface area contributed by atoms with Crippen LogP contribution < -0.4 is 0 Å². The molecule has 42 heavy (non-hydrogen) atoms. The first-order valence-corrected chi connectivity index (χ1v) is 14.2. The van der Waals surface area contributed by atoms with Gasteiger partial charge in [0.15, 0.2) is 0 Å². The molecule has 1 aromatic heterocycles. The van der Waals surface area contributed by atoms with Crippen LogP contribution in [0.25, 0.3) is 66.8 Å². The average molecular weight is 537 g/mol. The van der Waals surface area contributed by atoms with E-state index in [-0.39, 0.29) is 0 Å². The minimum Gasteiger partial charge on any atom is -0.244 e. The van der Waals surface area contributed by atoms with E-state index in [1.165, 1.54) is 22.3 Å². The van der Waals surface area contributed by atoms with Gasteiger partial charge in [-0.3, -0.25) is 0 Å². The Labute approximate surface area is 246 Å². The zero-order valence-electron chi connectivity index (χ0n) is 23.1. The smallest absolute Gasteiger partial charge is 0.115 e. The van der Waals surface area contributed by atoms with Gasteiger partial charge in [-0.1, -0.05) is 152 Å². The molecular weight excluding hydrogens is 508 g/mol. The molecule has 0 aliphatic carbocycles. The van der Waals surface area contributed by atoms with Crippen LogP contribution in [0.4, 0.5) is 0 Å². The van der Waals surface area contributed by atoms with Crippen LogP contribution >= 0.6 is 0 Å². The van der Waals surface area contributed by atoms with Gasteiger partial charge >= 0.3 is 0 Å². The summed E-state index contributed by atoms with van der Waals surface area (Å²) in [6.07, 6.45) is 5.47. The van der Waals surface area contributed by atoms with Crippen LogP contribution in [0, 0.1) is 0 Å². The highest BCUT2D eigenvalue weighted by Crippen LogP contribution is 2.55. The van der Waals surface area contributed by atoms with Gasteiger partial charge in [0.25, 0.3) is 0 Å². The normalized spacial score (nSPS) is 10.9. The van der Waals surface area contributed by atoms with E-state index in [1.807, 2.05) is 12.4 Å². The Kier molecular flexibility index (Phi) is 6.94. The summed E-state index contributed by atoms with van der Waals surface area (Å²) >= 11 is 0. The number of rotatable bonds is 6. The zero-order valence-corrected chi connectivity index (χ0v) is 23.1. The monoisotopic (exact) mass is 536 g/mol. The lowest BCUT2D eigenvalue weighted by molar-refractivity contribution is 1.17. The SMILES string of the molecule is c1ccc(-c2c(-c3ccccc3)c(-c3ccccc3)c(-c3cncnc3)c(-c3ccccc3)c2-c2ccccc2)cc1. The minimum atomic E-state index is 0.976. The van der Waals surface area contributed by atoms with Crippen molar-refractivity contribution in [3.8, 4) is 66.8 Å². The van der Waals surface area contributed by atoms with E-state index in [4.69, 9.17) is 0 Å². The van der Waals surface area contributed by atoms with Crippen molar-refractivity contribution in [1.82, 2.24) is 9.97 Å². The quantitative estimate of drug-likeness (QED) is 0.211. The van der Waals surface area contributed by atoms with Crippen LogP contribution in [0.2, 0.25) is 0 Å². The first-order chi connectivity index (χ1) is 20.9. The Bertz CT molecular complexity index is 1520. The summed E-state index contributed by atoms with van der Waals surface area (Å²) in [6.45, 7) is 0. The third kappa shape index (κ3) is 4.70. The van der Waals surface area contributed by atoms with Crippen molar-refractivity contribution in [2.45, 2.75) is 0 Å². The minimum absolute atomic E-state index is 0.976. The predicted molar refractivity (Wildman–Crippen MR) is 175 cm³/mol. The van der Waals surface area contributed by atoms with Gasteiger partial charge in [-0.15, -0.1) is 0 Å². The summed E-state index contributed by atoms with van der Waals surface area (Å²) < 4.78 is 0.